The van der Waals surface area contributed by atoms with Crippen molar-refractivity contribution in [3.63, 3.8) is 0 Å². The fourth-order valence-corrected chi connectivity index (χ4v) is 3.35. The third-order valence-corrected chi connectivity index (χ3v) is 5.04. The van der Waals surface area contributed by atoms with Gasteiger partial charge in [0.25, 0.3) is 5.91 Å². The van der Waals surface area contributed by atoms with E-state index in [1.54, 1.807) is 30.7 Å². The molecule has 0 bridgehead atoms. The summed E-state index contributed by atoms with van der Waals surface area (Å²) in [6, 6.07) is 13.6. The molecule has 7 heteroatoms. The smallest absolute Gasteiger partial charge is 0.254 e. The first-order valence-electron chi connectivity index (χ1n) is 9.86. The summed E-state index contributed by atoms with van der Waals surface area (Å²) < 4.78 is 0. The van der Waals surface area contributed by atoms with Crippen LogP contribution in [0.1, 0.15) is 22.8 Å². The summed E-state index contributed by atoms with van der Waals surface area (Å²) in [4.78, 5) is 29.8. The maximum absolute atomic E-state index is 13.0. The standard InChI is InChI=1S/C22H24N6O/c1-2-17-4-6-19(7-5-17)26-20-16-18(8-11-23-20)21(29)27-12-14-28(15-13-27)22-24-9-3-10-25-22/h3-11,16H,2,12-15H2,1H3,(H,23,26). The fourth-order valence-electron chi connectivity index (χ4n) is 3.35. The van der Waals surface area contributed by atoms with Crippen molar-refractivity contribution in [1.29, 1.82) is 0 Å². The Morgan fingerprint density at radius 1 is 0.966 bits per heavy atom. The van der Waals surface area contributed by atoms with Gasteiger partial charge in [-0.25, -0.2) is 15.0 Å². The van der Waals surface area contributed by atoms with Gasteiger partial charge in [0, 0.05) is 56.0 Å². The number of anilines is 3. The largest absolute Gasteiger partial charge is 0.340 e. The van der Waals surface area contributed by atoms with E-state index in [0.29, 0.717) is 30.4 Å². The van der Waals surface area contributed by atoms with Crippen molar-refractivity contribution in [2.45, 2.75) is 13.3 Å². The lowest BCUT2D eigenvalue weighted by Gasteiger charge is -2.34. The average molecular weight is 388 g/mol. The van der Waals surface area contributed by atoms with Crippen molar-refractivity contribution in [1.82, 2.24) is 19.9 Å². The van der Waals surface area contributed by atoms with Crippen molar-refractivity contribution in [3.05, 3.63) is 72.2 Å². The lowest BCUT2D eigenvalue weighted by Crippen LogP contribution is -2.49. The number of pyridine rings is 1. The maximum atomic E-state index is 13.0. The molecule has 1 amide bonds. The molecule has 1 saturated heterocycles. The van der Waals surface area contributed by atoms with Crippen molar-refractivity contribution >= 4 is 23.4 Å². The minimum Gasteiger partial charge on any atom is -0.340 e. The number of amides is 1. The molecule has 7 nitrogen and oxygen atoms in total. The topological polar surface area (TPSA) is 74.2 Å². The van der Waals surface area contributed by atoms with Crippen LogP contribution >= 0.6 is 0 Å². The van der Waals surface area contributed by atoms with Gasteiger partial charge in [0.15, 0.2) is 0 Å². The van der Waals surface area contributed by atoms with E-state index in [4.69, 9.17) is 0 Å². The highest BCUT2D eigenvalue weighted by Crippen LogP contribution is 2.18. The summed E-state index contributed by atoms with van der Waals surface area (Å²) in [5, 5.41) is 3.28. The number of benzene rings is 1. The summed E-state index contributed by atoms with van der Waals surface area (Å²) in [6.45, 7) is 4.85. The molecule has 1 aliphatic heterocycles. The Bertz CT molecular complexity index is 953. The number of carbonyl (C=O) groups is 1. The van der Waals surface area contributed by atoms with E-state index in [1.807, 2.05) is 23.1 Å². The molecule has 1 aromatic carbocycles. The van der Waals surface area contributed by atoms with Gasteiger partial charge in [-0.1, -0.05) is 19.1 Å². The number of aryl methyl sites for hydroxylation is 1. The van der Waals surface area contributed by atoms with E-state index in [-0.39, 0.29) is 5.91 Å². The van der Waals surface area contributed by atoms with Crippen LogP contribution in [0.4, 0.5) is 17.5 Å². The number of nitrogens with zero attached hydrogens (tertiary/aromatic N) is 5. The highest BCUT2D eigenvalue weighted by Gasteiger charge is 2.23. The van der Waals surface area contributed by atoms with Gasteiger partial charge in [-0.15, -0.1) is 0 Å². The van der Waals surface area contributed by atoms with E-state index in [0.717, 1.165) is 25.2 Å². The van der Waals surface area contributed by atoms with Crippen LogP contribution in [0.3, 0.4) is 0 Å². The molecular formula is C22H24N6O. The lowest BCUT2D eigenvalue weighted by atomic mass is 10.1. The predicted octanol–water partition coefficient (Wildman–Crippen LogP) is 3.14. The van der Waals surface area contributed by atoms with Crippen molar-refractivity contribution < 1.29 is 4.79 Å². The molecule has 0 atom stereocenters. The Morgan fingerprint density at radius 3 is 2.38 bits per heavy atom. The molecule has 0 spiro atoms. The minimum atomic E-state index is 0.0189. The van der Waals surface area contributed by atoms with E-state index < -0.39 is 0 Å². The molecule has 4 rings (SSSR count). The van der Waals surface area contributed by atoms with Crippen molar-refractivity contribution in [2.75, 3.05) is 36.4 Å². The number of piperazine rings is 1. The molecule has 1 fully saturated rings. The molecule has 0 radical (unpaired) electrons. The average Bonchev–Trinajstić information content (AvgIpc) is 2.80. The van der Waals surface area contributed by atoms with Crippen LogP contribution in [0.15, 0.2) is 61.1 Å². The highest BCUT2D eigenvalue weighted by molar-refractivity contribution is 5.95. The highest BCUT2D eigenvalue weighted by atomic mass is 16.2. The quantitative estimate of drug-likeness (QED) is 0.724. The molecular weight excluding hydrogens is 364 g/mol. The van der Waals surface area contributed by atoms with Crippen LogP contribution in [0.25, 0.3) is 0 Å². The van der Waals surface area contributed by atoms with Crippen molar-refractivity contribution in [2.24, 2.45) is 0 Å². The second-order valence-electron chi connectivity index (χ2n) is 6.93. The van der Waals surface area contributed by atoms with Gasteiger partial charge in [0.05, 0.1) is 0 Å². The van der Waals surface area contributed by atoms with Crippen LogP contribution in [-0.2, 0) is 6.42 Å². The van der Waals surface area contributed by atoms with E-state index in [1.165, 1.54) is 5.56 Å². The fraction of sp³-hybridized carbons (Fsp3) is 0.273. The zero-order valence-corrected chi connectivity index (χ0v) is 16.5. The Morgan fingerprint density at radius 2 is 1.69 bits per heavy atom. The number of nitrogens with one attached hydrogen (secondary N) is 1. The number of hydrogen-bond acceptors (Lipinski definition) is 6. The normalized spacial score (nSPS) is 14.0. The maximum Gasteiger partial charge on any atom is 0.254 e. The Hall–Kier alpha value is -3.48. The summed E-state index contributed by atoms with van der Waals surface area (Å²) in [6.07, 6.45) is 6.15. The van der Waals surface area contributed by atoms with E-state index >= 15 is 0 Å². The zero-order chi connectivity index (χ0) is 20.1. The van der Waals surface area contributed by atoms with Gasteiger partial charge in [0.1, 0.15) is 5.82 Å². The Labute approximate surface area is 170 Å². The number of aromatic nitrogens is 3. The molecule has 148 valence electrons. The predicted molar refractivity (Wildman–Crippen MR) is 113 cm³/mol. The number of hydrogen-bond donors (Lipinski definition) is 1. The summed E-state index contributed by atoms with van der Waals surface area (Å²) in [5.74, 6) is 1.39. The summed E-state index contributed by atoms with van der Waals surface area (Å²) in [7, 11) is 0. The van der Waals surface area contributed by atoms with Gasteiger partial charge in [-0.05, 0) is 42.3 Å². The summed E-state index contributed by atoms with van der Waals surface area (Å²) >= 11 is 0. The van der Waals surface area contributed by atoms with Gasteiger partial charge in [-0.2, -0.15) is 0 Å². The molecule has 1 N–H and O–H groups in total. The molecule has 29 heavy (non-hydrogen) atoms. The monoisotopic (exact) mass is 388 g/mol. The van der Waals surface area contributed by atoms with Gasteiger partial charge < -0.3 is 15.1 Å². The third kappa shape index (κ3) is 4.51. The Kier molecular flexibility index (Phi) is 5.65. The lowest BCUT2D eigenvalue weighted by molar-refractivity contribution is 0.0746. The SMILES string of the molecule is CCc1ccc(Nc2cc(C(=O)N3CCN(c4ncccn4)CC3)ccn2)cc1. The second kappa shape index (κ2) is 8.68. The van der Waals surface area contributed by atoms with Gasteiger partial charge in [0.2, 0.25) is 5.95 Å². The minimum absolute atomic E-state index is 0.0189. The van der Waals surface area contributed by atoms with Crippen LogP contribution in [0, 0.1) is 0 Å². The van der Waals surface area contributed by atoms with Gasteiger partial charge >= 0.3 is 0 Å². The third-order valence-electron chi connectivity index (χ3n) is 5.04. The number of carbonyl (C=O) groups excluding carboxylic acids is 1. The second-order valence-corrected chi connectivity index (χ2v) is 6.93. The van der Waals surface area contributed by atoms with Gasteiger partial charge in [-0.3, -0.25) is 4.79 Å². The molecule has 3 heterocycles. The van der Waals surface area contributed by atoms with E-state index in [2.05, 4.69) is 44.2 Å². The van der Waals surface area contributed by atoms with E-state index in [9.17, 15) is 4.79 Å². The van der Waals surface area contributed by atoms with Crippen LogP contribution in [0.2, 0.25) is 0 Å². The Balaban J connectivity index is 1.39. The van der Waals surface area contributed by atoms with Crippen molar-refractivity contribution in [3.8, 4) is 0 Å². The summed E-state index contributed by atoms with van der Waals surface area (Å²) in [5.41, 5.74) is 2.88. The van der Waals surface area contributed by atoms with Crippen LogP contribution < -0.4 is 10.2 Å². The zero-order valence-electron chi connectivity index (χ0n) is 16.5. The molecule has 0 unspecified atom stereocenters. The molecule has 0 aliphatic carbocycles. The first-order valence-corrected chi connectivity index (χ1v) is 9.86. The van der Waals surface area contributed by atoms with Crippen LogP contribution in [-0.4, -0.2) is 51.9 Å². The van der Waals surface area contributed by atoms with Crippen LogP contribution in [0.5, 0.6) is 0 Å². The first kappa shape index (κ1) is 18.9. The number of rotatable bonds is 5. The molecule has 1 aliphatic rings. The molecule has 2 aromatic heterocycles. The first-order chi connectivity index (χ1) is 14.2. The molecule has 3 aromatic rings. The molecule has 0 saturated carbocycles.